The van der Waals surface area contributed by atoms with Gasteiger partial charge in [0, 0.05) is 12.0 Å². The molecular formula is C29H24N2O5S. The Morgan fingerprint density at radius 1 is 1.08 bits per heavy atom. The Kier molecular flexibility index (Phi) is 5.31. The molecule has 1 fully saturated rings. The smallest absolute Gasteiger partial charge is 0.301 e. The number of phenols is 1. The molecule has 1 aromatic heterocycles. The Bertz CT molecular complexity index is 1640. The molecule has 8 heteroatoms. The summed E-state index contributed by atoms with van der Waals surface area (Å²) >= 11 is 1.33. The van der Waals surface area contributed by atoms with Crippen LogP contribution in [0.15, 0.2) is 60.2 Å². The molecule has 186 valence electrons. The molecule has 6 rings (SSSR count). The second-order valence-electron chi connectivity index (χ2n) is 9.64. The molecule has 2 unspecified atom stereocenters. The highest BCUT2D eigenvalue weighted by Gasteiger charge is 2.48. The lowest BCUT2D eigenvalue weighted by Crippen LogP contribution is -2.29. The standard InChI is InChI=1S/C29H24N2O5S/c1-14-10-15(2)24-22(11-14)37-29(30-24)31-25(17-4-7-20(32)8-5-17)23(27(34)28(31)35)26(33)18-6-9-21-19(13-18)12-16(3)36-21/h4-11,13,16,25,32-33H,12H2,1-3H3/b26-23-. The molecule has 7 nitrogen and oxygen atoms in total. The van der Waals surface area contributed by atoms with Gasteiger partial charge in [0.1, 0.15) is 23.4 Å². The minimum Gasteiger partial charge on any atom is -0.508 e. The molecule has 1 amide bonds. The number of benzene rings is 3. The summed E-state index contributed by atoms with van der Waals surface area (Å²) < 4.78 is 6.68. The van der Waals surface area contributed by atoms with E-state index in [1.807, 2.05) is 32.9 Å². The quantitative estimate of drug-likeness (QED) is 0.212. The molecule has 4 aromatic rings. The average Bonchev–Trinajstić information content (AvgIpc) is 3.52. The normalized spacial score (nSPS) is 20.5. The lowest BCUT2D eigenvalue weighted by atomic mass is 9.94. The fourth-order valence-electron chi connectivity index (χ4n) is 5.19. The number of hydrogen-bond acceptors (Lipinski definition) is 7. The monoisotopic (exact) mass is 512 g/mol. The van der Waals surface area contributed by atoms with Crippen molar-refractivity contribution in [2.75, 3.05) is 4.90 Å². The van der Waals surface area contributed by atoms with Crippen LogP contribution < -0.4 is 9.64 Å². The first kappa shape index (κ1) is 23.2. The summed E-state index contributed by atoms with van der Waals surface area (Å²) in [6.07, 6.45) is 0.720. The number of ketones is 1. The van der Waals surface area contributed by atoms with E-state index in [1.165, 1.54) is 28.4 Å². The van der Waals surface area contributed by atoms with Crippen LogP contribution in [0.1, 0.15) is 40.8 Å². The number of aliphatic hydroxyl groups excluding tert-OH is 1. The number of aromatic nitrogens is 1. The van der Waals surface area contributed by atoms with Crippen molar-refractivity contribution in [2.45, 2.75) is 39.3 Å². The topological polar surface area (TPSA) is 100.0 Å². The van der Waals surface area contributed by atoms with Crippen molar-refractivity contribution in [3.8, 4) is 11.5 Å². The zero-order valence-corrected chi connectivity index (χ0v) is 21.3. The summed E-state index contributed by atoms with van der Waals surface area (Å²) in [5.41, 5.74) is 4.75. The van der Waals surface area contributed by atoms with Crippen LogP contribution in [0.25, 0.3) is 16.0 Å². The van der Waals surface area contributed by atoms with Gasteiger partial charge in [-0.15, -0.1) is 0 Å². The van der Waals surface area contributed by atoms with Crippen molar-refractivity contribution < 1.29 is 24.5 Å². The van der Waals surface area contributed by atoms with Crippen LogP contribution in [0.2, 0.25) is 0 Å². The van der Waals surface area contributed by atoms with E-state index in [1.54, 1.807) is 30.3 Å². The summed E-state index contributed by atoms with van der Waals surface area (Å²) in [7, 11) is 0. The predicted molar refractivity (Wildman–Crippen MR) is 142 cm³/mol. The molecule has 2 N–H and O–H groups in total. The molecule has 0 aliphatic carbocycles. The summed E-state index contributed by atoms with van der Waals surface area (Å²) in [6, 6.07) is 14.7. The van der Waals surface area contributed by atoms with Gasteiger partial charge < -0.3 is 14.9 Å². The van der Waals surface area contributed by atoms with E-state index in [4.69, 9.17) is 9.72 Å². The van der Waals surface area contributed by atoms with Crippen LogP contribution in [0, 0.1) is 13.8 Å². The van der Waals surface area contributed by atoms with Gasteiger partial charge in [-0.2, -0.15) is 0 Å². The van der Waals surface area contributed by atoms with Gasteiger partial charge in [0.05, 0.1) is 21.8 Å². The molecule has 2 aliphatic rings. The number of amides is 1. The van der Waals surface area contributed by atoms with E-state index in [9.17, 15) is 19.8 Å². The number of carbonyl (C=O) groups is 2. The van der Waals surface area contributed by atoms with Gasteiger partial charge in [-0.25, -0.2) is 4.98 Å². The summed E-state index contributed by atoms with van der Waals surface area (Å²) in [4.78, 5) is 33.1. The number of rotatable bonds is 3. The zero-order chi connectivity index (χ0) is 26.0. The van der Waals surface area contributed by atoms with E-state index in [0.717, 1.165) is 32.7 Å². The highest BCUT2D eigenvalue weighted by atomic mass is 32.1. The van der Waals surface area contributed by atoms with E-state index in [-0.39, 0.29) is 23.2 Å². The van der Waals surface area contributed by atoms with Crippen molar-refractivity contribution in [3.63, 3.8) is 0 Å². The molecule has 2 aliphatic heterocycles. The lowest BCUT2D eigenvalue weighted by molar-refractivity contribution is -0.132. The van der Waals surface area contributed by atoms with Crippen molar-refractivity contribution in [2.24, 2.45) is 0 Å². The minimum absolute atomic E-state index is 0.0187. The van der Waals surface area contributed by atoms with E-state index in [0.29, 0.717) is 22.7 Å². The second-order valence-corrected chi connectivity index (χ2v) is 10.6. The maximum absolute atomic E-state index is 13.5. The maximum Gasteiger partial charge on any atom is 0.301 e. The Morgan fingerprint density at radius 2 is 1.84 bits per heavy atom. The number of ether oxygens (including phenoxy) is 1. The minimum atomic E-state index is -0.911. The summed E-state index contributed by atoms with van der Waals surface area (Å²) in [5.74, 6) is -0.993. The van der Waals surface area contributed by atoms with E-state index in [2.05, 4.69) is 0 Å². The number of anilines is 1. The fraction of sp³-hybridized carbons (Fsp3) is 0.207. The molecule has 37 heavy (non-hydrogen) atoms. The number of hydrogen-bond donors (Lipinski definition) is 2. The first-order valence-electron chi connectivity index (χ1n) is 12.0. The largest absolute Gasteiger partial charge is 0.508 e. The number of phenolic OH excluding ortho intramolecular Hbond substituents is 1. The molecule has 0 radical (unpaired) electrons. The third-order valence-corrected chi connectivity index (χ3v) is 7.85. The van der Waals surface area contributed by atoms with Crippen LogP contribution in [-0.4, -0.2) is 33.0 Å². The van der Waals surface area contributed by atoms with Gasteiger partial charge >= 0.3 is 5.91 Å². The zero-order valence-electron chi connectivity index (χ0n) is 20.5. The van der Waals surface area contributed by atoms with Gasteiger partial charge in [-0.05, 0) is 79.4 Å². The fourth-order valence-corrected chi connectivity index (χ4v) is 6.36. The van der Waals surface area contributed by atoms with Gasteiger partial charge in [-0.3, -0.25) is 14.5 Å². The Morgan fingerprint density at radius 3 is 2.59 bits per heavy atom. The van der Waals surface area contributed by atoms with E-state index < -0.39 is 17.7 Å². The van der Waals surface area contributed by atoms with Crippen LogP contribution in [-0.2, 0) is 16.0 Å². The number of Topliss-reactive ketones (excluding diaryl/α,β-unsaturated/α-hetero) is 1. The molecule has 3 heterocycles. The maximum atomic E-state index is 13.5. The van der Waals surface area contributed by atoms with Gasteiger partial charge in [0.25, 0.3) is 5.78 Å². The number of thiazole rings is 1. The molecule has 0 spiro atoms. The van der Waals surface area contributed by atoms with Crippen molar-refractivity contribution >= 4 is 44.1 Å². The molecule has 0 bridgehead atoms. The Balaban J connectivity index is 1.54. The van der Waals surface area contributed by atoms with Crippen LogP contribution in [0.5, 0.6) is 11.5 Å². The average molecular weight is 513 g/mol. The number of carbonyl (C=O) groups excluding carboxylic acids is 2. The number of fused-ring (bicyclic) bond motifs is 2. The van der Waals surface area contributed by atoms with Crippen LogP contribution in [0.3, 0.4) is 0 Å². The first-order chi connectivity index (χ1) is 17.7. The molecule has 1 saturated heterocycles. The molecule has 2 atom stereocenters. The number of nitrogens with zero attached hydrogens (tertiary/aromatic N) is 2. The van der Waals surface area contributed by atoms with Gasteiger partial charge in [0.15, 0.2) is 5.13 Å². The Labute approximate surface area is 217 Å². The lowest BCUT2D eigenvalue weighted by Gasteiger charge is -2.23. The van der Waals surface area contributed by atoms with E-state index >= 15 is 0 Å². The highest BCUT2D eigenvalue weighted by molar-refractivity contribution is 7.22. The molecular weight excluding hydrogens is 488 g/mol. The van der Waals surface area contributed by atoms with Gasteiger partial charge in [0.2, 0.25) is 0 Å². The predicted octanol–water partition coefficient (Wildman–Crippen LogP) is 5.57. The molecule has 3 aromatic carbocycles. The number of aryl methyl sites for hydroxylation is 2. The van der Waals surface area contributed by atoms with Crippen LogP contribution in [0.4, 0.5) is 5.13 Å². The highest BCUT2D eigenvalue weighted by Crippen LogP contribution is 2.45. The Hall–Kier alpha value is -4.17. The van der Waals surface area contributed by atoms with Crippen molar-refractivity contribution in [1.29, 1.82) is 0 Å². The van der Waals surface area contributed by atoms with Crippen molar-refractivity contribution in [3.05, 3.63) is 88.0 Å². The first-order valence-corrected chi connectivity index (χ1v) is 12.8. The third-order valence-electron chi connectivity index (χ3n) is 6.85. The summed E-state index contributed by atoms with van der Waals surface area (Å²) in [5, 5.41) is 21.7. The summed E-state index contributed by atoms with van der Waals surface area (Å²) in [6.45, 7) is 5.93. The van der Waals surface area contributed by atoms with Crippen molar-refractivity contribution in [1.82, 2.24) is 4.98 Å². The number of aromatic hydroxyl groups is 1. The SMILES string of the molecule is Cc1cc(C)c2nc(N3C(=O)C(=O)/C(=C(\O)c4ccc5c(c4)CC(C)O5)C3c3ccc(O)cc3)sc2c1. The molecule has 0 saturated carbocycles. The second kappa shape index (κ2) is 8.45. The van der Waals surface area contributed by atoms with Crippen LogP contribution >= 0.6 is 11.3 Å². The third kappa shape index (κ3) is 3.76. The van der Waals surface area contributed by atoms with Gasteiger partial charge in [-0.1, -0.05) is 29.5 Å². The number of aliphatic hydroxyl groups is 1.